The Bertz CT molecular complexity index is 573. The molecule has 0 aliphatic rings. The third-order valence-electron chi connectivity index (χ3n) is 1.91. The standard InChI is InChI=1S/C10H6N4O/c11-3-5-15-9-2-1-4-14-8(6-12)7-13-10(9)14/h1-2,4,7H,5H2. The summed E-state index contributed by atoms with van der Waals surface area (Å²) in [6, 6.07) is 7.34. The number of hydrogen-bond acceptors (Lipinski definition) is 4. The van der Waals surface area contributed by atoms with Crippen LogP contribution in [0.4, 0.5) is 0 Å². The minimum atomic E-state index is -0.0333. The van der Waals surface area contributed by atoms with Crippen molar-refractivity contribution in [1.29, 1.82) is 10.5 Å². The maximum atomic E-state index is 8.79. The van der Waals surface area contributed by atoms with Crippen molar-refractivity contribution >= 4 is 5.65 Å². The quantitative estimate of drug-likeness (QED) is 0.724. The van der Waals surface area contributed by atoms with Gasteiger partial charge in [0.2, 0.25) is 0 Å². The van der Waals surface area contributed by atoms with E-state index in [9.17, 15) is 0 Å². The number of fused-ring (bicyclic) bond motifs is 1. The fourth-order valence-corrected chi connectivity index (χ4v) is 1.29. The minimum absolute atomic E-state index is 0.0333. The fraction of sp³-hybridized carbons (Fsp3) is 0.100. The van der Waals surface area contributed by atoms with Crippen molar-refractivity contribution < 1.29 is 4.74 Å². The smallest absolute Gasteiger partial charge is 0.180 e. The molecule has 0 saturated heterocycles. The van der Waals surface area contributed by atoms with E-state index in [-0.39, 0.29) is 6.61 Å². The topological polar surface area (TPSA) is 74.1 Å². The molecule has 0 spiro atoms. The molecule has 0 amide bonds. The Morgan fingerprint density at radius 3 is 3.07 bits per heavy atom. The summed E-state index contributed by atoms with van der Waals surface area (Å²) in [7, 11) is 0. The van der Waals surface area contributed by atoms with Crippen LogP contribution in [-0.4, -0.2) is 16.0 Å². The molecule has 0 unspecified atom stereocenters. The summed E-state index contributed by atoms with van der Waals surface area (Å²) in [6.45, 7) is -0.0333. The Kier molecular flexibility index (Phi) is 2.22. The summed E-state index contributed by atoms with van der Waals surface area (Å²) in [5, 5.41) is 17.2. The van der Waals surface area contributed by atoms with Gasteiger partial charge in [0.1, 0.15) is 17.8 Å². The fourth-order valence-electron chi connectivity index (χ4n) is 1.29. The first-order valence-electron chi connectivity index (χ1n) is 4.22. The van der Waals surface area contributed by atoms with Crippen molar-refractivity contribution in [2.45, 2.75) is 0 Å². The zero-order valence-electron chi connectivity index (χ0n) is 7.71. The van der Waals surface area contributed by atoms with Gasteiger partial charge < -0.3 is 4.74 Å². The number of aromatic nitrogens is 2. The Morgan fingerprint density at radius 1 is 1.47 bits per heavy atom. The first kappa shape index (κ1) is 9.04. The molecule has 0 radical (unpaired) electrons. The maximum Gasteiger partial charge on any atom is 0.180 e. The van der Waals surface area contributed by atoms with E-state index in [1.807, 2.05) is 12.1 Å². The van der Waals surface area contributed by atoms with Gasteiger partial charge in [-0.25, -0.2) is 4.98 Å². The van der Waals surface area contributed by atoms with Crippen molar-refractivity contribution in [1.82, 2.24) is 9.38 Å². The van der Waals surface area contributed by atoms with E-state index < -0.39 is 0 Å². The first-order chi connectivity index (χ1) is 7.36. The second kappa shape index (κ2) is 3.69. The summed E-state index contributed by atoms with van der Waals surface area (Å²) in [5.41, 5.74) is 0.983. The van der Waals surface area contributed by atoms with Crippen LogP contribution in [0.15, 0.2) is 24.5 Å². The molecule has 5 nitrogen and oxygen atoms in total. The lowest BCUT2D eigenvalue weighted by molar-refractivity contribution is 0.370. The van der Waals surface area contributed by atoms with Crippen molar-refractivity contribution in [2.24, 2.45) is 0 Å². The van der Waals surface area contributed by atoms with E-state index in [0.717, 1.165) is 0 Å². The molecule has 2 rings (SSSR count). The summed E-state index contributed by atoms with van der Waals surface area (Å²) >= 11 is 0. The normalized spacial score (nSPS) is 9.47. The molecule has 2 heterocycles. The van der Waals surface area contributed by atoms with Gasteiger partial charge in [-0.3, -0.25) is 4.40 Å². The first-order valence-corrected chi connectivity index (χ1v) is 4.22. The molecular weight excluding hydrogens is 192 g/mol. The zero-order chi connectivity index (χ0) is 10.7. The van der Waals surface area contributed by atoms with Gasteiger partial charge in [0.25, 0.3) is 0 Å². The highest BCUT2D eigenvalue weighted by Crippen LogP contribution is 2.18. The molecule has 0 N–H and O–H groups in total. The number of nitriles is 2. The van der Waals surface area contributed by atoms with Gasteiger partial charge >= 0.3 is 0 Å². The molecule has 0 aliphatic heterocycles. The van der Waals surface area contributed by atoms with Crippen LogP contribution in [0.2, 0.25) is 0 Å². The van der Waals surface area contributed by atoms with Crippen molar-refractivity contribution in [2.75, 3.05) is 6.61 Å². The molecule has 0 aromatic carbocycles. The van der Waals surface area contributed by atoms with E-state index in [1.165, 1.54) is 6.20 Å². The van der Waals surface area contributed by atoms with Crippen molar-refractivity contribution in [3.63, 3.8) is 0 Å². The van der Waals surface area contributed by atoms with Gasteiger partial charge in [-0.1, -0.05) is 0 Å². The average molecular weight is 198 g/mol. The molecule has 0 atom stereocenters. The van der Waals surface area contributed by atoms with Crippen LogP contribution in [0.25, 0.3) is 5.65 Å². The third kappa shape index (κ3) is 1.47. The molecular formula is C10H6N4O. The van der Waals surface area contributed by atoms with Gasteiger partial charge in [-0.05, 0) is 12.1 Å². The van der Waals surface area contributed by atoms with Gasteiger partial charge in [-0.15, -0.1) is 0 Å². The lowest BCUT2D eigenvalue weighted by atomic mass is 10.4. The number of pyridine rings is 1. The van der Waals surface area contributed by atoms with Crippen LogP contribution in [0.3, 0.4) is 0 Å². The monoisotopic (exact) mass is 198 g/mol. The van der Waals surface area contributed by atoms with E-state index in [0.29, 0.717) is 17.1 Å². The molecule has 72 valence electrons. The Labute approximate surface area is 85.8 Å². The van der Waals surface area contributed by atoms with Gasteiger partial charge in [0, 0.05) is 6.20 Å². The highest BCUT2D eigenvalue weighted by Gasteiger charge is 2.06. The predicted octanol–water partition coefficient (Wildman–Crippen LogP) is 1.11. The molecule has 5 heteroatoms. The van der Waals surface area contributed by atoms with Gasteiger partial charge in [-0.2, -0.15) is 10.5 Å². The number of imidazole rings is 1. The Balaban J connectivity index is 2.54. The Morgan fingerprint density at radius 2 is 2.33 bits per heavy atom. The van der Waals surface area contributed by atoms with Crippen LogP contribution >= 0.6 is 0 Å². The Hall–Kier alpha value is -2.53. The average Bonchev–Trinajstić information content (AvgIpc) is 2.69. The number of rotatable bonds is 2. The lowest BCUT2D eigenvalue weighted by Gasteiger charge is -2.02. The van der Waals surface area contributed by atoms with Crippen molar-refractivity contribution in [3.8, 4) is 17.9 Å². The second-order valence-corrected chi connectivity index (χ2v) is 2.77. The van der Waals surface area contributed by atoms with Gasteiger partial charge in [0.05, 0.1) is 6.20 Å². The minimum Gasteiger partial charge on any atom is -0.475 e. The lowest BCUT2D eigenvalue weighted by Crippen LogP contribution is -1.97. The summed E-state index contributed by atoms with van der Waals surface area (Å²) < 4.78 is 6.79. The summed E-state index contributed by atoms with van der Waals surface area (Å²) in [5.74, 6) is 0.501. The van der Waals surface area contributed by atoms with Crippen molar-refractivity contribution in [3.05, 3.63) is 30.2 Å². The zero-order valence-corrected chi connectivity index (χ0v) is 7.71. The van der Waals surface area contributed by atoms with Gasteiger partial charge in [0.15, 0.2) is 18.0 Å². The van der Waals surface area contributed by atoms with Crippen LogP contribution in [0, 0.1) is 22.7 Å². The number of hydrogen-bond donors (Lipinski definition) is 0. The molecule has 2 aromatic heterocycles. The maximum absolute atomic E-state index is 8.79. The molecule has 0 bridgehead atoms. The molecule has 0 saturated carbocycles. The highest BCUT2D eigenvalue weighted by molar-refractivity contribution is 5.55. The van der Waals surface area contributed by atoms with E-state index in [2.05, 4.69) is 4.98 Å². The molecule has 2 aromatic rings. The summed E-state index contributed by atoms with van der Waals surface area (Å²) in [4.78, 5) is 4.05. The predicted molar refractivity (Wildman–Crippen MR) is 51.0 cm³/mol. The molecule has 15 heavy (non-hydrogen) atoms. The number of nitrogens with zero attached hydrogens (tertiary/aromatic N) is 4. The van der Waals surface area contributed by atoms with Crippen LogP contribution in [0.1, 0.15) is 5.69 Å². The van der Waals surface area contributed by atoms with Crippen LogP contribution in [-0.2, 0) is 0 Å². The van der Waals surface area contributed by atoms with E-state index in [1.54, 1.807) is 22.7 Å². The van der Waals surface area contributed by atoms with E-state index >= 15 is 0 Å². The largest absolute Gasteiger partial charge is 0.475 e. The van der Waals surface area contributed by atoms with Crippen LogP contribution < -0.4 is 4.74 Å². The SMILES string of the molecule is N#CCOc1cccn2c(C#N)cnc12. The number of ether oxygens (including phenoxy) is 1. The molecule has 0 fully saturated rings. The second-order valence-electron chi connectivity index (χ2n) is 2.77. The summed E-state index contributed by atoms with van der Waals surface area (Å²) in [6.07, 6.45) is 3.19. The molecule has 0 aliphatic carbocycles. The third-order valence-corrected chi connectivity index (χ3v) is 1.91. The van der Waals surface area contributed by atoms with Crippen LogP contribution in [0.5, 0.6) is 5.75 Å². The van der Waals surface area contributed by atoms with E-state index in [4.69, 9.17) is 15.3 Å². The highest BCUT2D eigenvalue weighted by atomic mass is 16.5.